The van der Waals surface area contributed by atoms with Crippen LogP contribution in [0.25, 0.3) is 0 Å². The van der Waals surface area contributed by atoms with Crippen molar-refractivity contribution in [3.63, 3.8) is 0 Å². The van der Waals surface area contributed by atoms with Gasteiger partial charge in [-0.2, -0.15) is 0 Å². The van der Waals surface area contributed by atoms with E-state index in [2.05, 4.69) is 9.88 Å². The molecule has 0 saturated carbocycles. The van der Waals surface area contributed by atoms with Crippen molar-refractivity contribution in [2.45, 2.75) is 19.0 Å². The van der Waals surface area contributed by atoms with E-state index in [0.717, 1.165) is 12.1 Å². The lowest BCUT2D eigenvalue weighted by atomic mass is 10.1. The summed E-state index contributed by atoms with van der Waals surface area (Å²) in [6.07, 6.45) is 8.14. The maximum atomic E-state index is 12.7. The van der Waals surface area contributed by atoms with Crippen LogP contribution in [0.15, 0.2) is 36.7 Å². The van der Waals surface area contributed by atoms with E-state index >= 15 is 0 Å². The first-order valence-electron chi connectivity index (χ1n) is 7.32. The summed E-state index contributed by atoms with van der Waals surface area (Å²) < 4.78 is 0. The first-order valence-corrected chi connectivity index (χ1v) is 7.32. The number of hydrogen-bond donors (Lipinski definition) is 1. The summed E-state index contributed by atoms with van der Waals surface area (Å²) in [7, 11) is 4.02. The highest BCUT2D eigenvalue weighted by molar-refractivity contribution is 5.81. The van der Waals surface area contributed by atoms with Crippen LogP contribution < -0.4 is 5.73 Å². The van der Waals surface area contributed by atoms with Gasteiger partial charge in [0, 0.05) is 38.1 Å². The van der Waals surface area contributed by atoms with Crippen LogP contribution in [0.5, 0.6) is 0 Å². The van der Waals surface area contributed by atoms with Gasteiger partial charge in [-0.1, -0.05) is 18.2 Å². The molecule has 5 nitrogen and oxygen atoms in total. The van der Waals surface area contributed by atoms with Gasteiger partial charge in [0.1, 0.15) is 0 Å². The Kier molecular flexibility index (Phi) is 5.47. The number of aromatic nitrogens is 1. The Balaban J connectivity index is 2.04. The minimum absolute atomic E-state index is 0.00745. The fourth-order valence-electron chi connectivity index (χ4n) is 2.44. The third-order valence-electron chi connectivity index (χ3n) is 3.66. The maximum absolute atomic E-state index is 12.7. The average Bonchev–Trinajstić information content (AvgIpc) is 2.90. The topological polar surface area (TPSA) is 62.5 Å². The van der Waals surface area contributed by atoms with Gasteiger partial charge in [0.15, 0.2) is 0 Å². The normalized spacial score (nSPS) is 21.0. The highest BCUT2D eigenvalue weighted by Crippen LogP contribution is 2.20. The molecule has 0 fully saturated rings. The van der Waals surface area contributed by atoms with E-state index in [0.29, 0.717) is 19.5 Å². The zero-order valence-electron chi connectivity index (χ0n) is 12.8. The van der Waals surface area contributed by atoms with Crippen LogP contribution >= 0.6 is 0 Å². The Labute approximate surface area is 126 Å². The average molecular weight is 288 g/mol. The largest absolute Gasteiger partial charge is 0.337 e. The van der Waals surface area contributed by atoms with E-state index in [1.165, 1.54) is 0 Å². The second kappa shape index (κ2) is 7.33. The van der Waals surface area contributed by atoms with Crippen LogP contribution in [0.4, 0.5) is 0 Å². The first-order chi connectivity index (χ1) is 10.1. The molecule has 5 heteroatoms. The minimum atomic E-state index is -0.0844. The van der Waals surface area contributed by atoms with Gasteiger partial charge in [-0.15, -0.1) is 0 Å². The molecule has 0 aliphatic heterocycles. The fraction of sp³-hybridized carbons (Fsp3) is 0.500. The second-order valence-corrected chi connectivity index (χ2v) is 5.82. The van der Waals surface area contributed by atoms with Crippen LogP contribution in [0.1, 0.15) is 12.0 Å². The minimum Gasteiger partial charge on any atom is -0.337 e. The number of amides is 1. The molecule has 2 N–H and O–H groups in total. The van der Waals surface area contributed by atoms with E-state index in [1.54, 1.807) is 6.20 Å². The lowest BCUT2D eigenvalue weighted by Crippen LogP contribution is -2.39. The molecule has 0 spiro atoms. The monoisotopic (exact) mass is 288 g/mol. The van der Waals surface area contributed by atoms with Crippen molar-refractivity contribution < 1.29 is 4.79 Å². The Morgan fingerprint density at radius 3 is 2.76 bits per heavy atom. The summed E-state index contributed by atoms with van der Waals surface area (Å²) in [6.45, 7) is 2.15. The molecule has 2 unspecified atom stereocenters. The molecule has 1 aromatic heterocycles. The summed E-state index contributed by atoms with van der Waals surface area (Å²) in [4.78, 5) is 20.8. The Hall–Kier alpha value is -1.72. The van der Waals surface area contributed by atoms with Gasteiger partial charge in [-0.05, 0) is 32.1 Å². The van der Waals surface area contributed by atoms with E-state index in [9.17, 15) is 4.79 Å². The second-order valence-electron chi connectivity index (χ2n) is 5.82. The molecule has 2 rings (SSSR count). The predicted octanol–water partition coefficient (Wildman–Crippen LogP) is 0.875. The molecule has 21 heavy (non-hydrogen) atoms. The van der Waals surface area contributed by atoms with E-state index in [1.807, 2.05) is 49.5 Å². The molecule has 1 aliphatic carbocycles. The number of carbonyl (C=O) groups is 1. The molecule has 0 bridgehead atoms. The highest BCUT2D eigenvalue weighted by atomic mass is 16.2. The maximum Gasteiger partial charge on any atom is 0.229 e. The molecule has 114 valence electrons. The summed E-state index contributed by atoms with van der Waals surface area (Å²) in [6, 6.07) is 3.90. The van der Waals surface area contributed by atoms with Crippen molar-refractivity contribution in [3.8, 4) is 0 Å². The summed E-state index contributed by atoms with van der Waals surface area (Å²) in [5.41, 5.74) is 6.91. The molecule has 0 saturated heterocycles. The van der Waals surface area contributed by atoms with Crippen molar-refractivity contribution >= 4 is 5.91 Å². The van der Waals surface area contributed by atoms with Gasteiger partial charge < -0.3 is 15.5 Å². The van der Waals surface area contributed by atoms with Crippen molar-refractivity contribution in [1.82, 2.24) is 14.8 Å². The molecule has 2 atom stereocenters. The fourth-order valence-corrected chi connectivity index (χ4v) is 2.44. The summed E-state index contributed by atoms with van der Waals surface area (Å²) >= 11 is 0. The number of rotatable bonds is 6. The lowest BCUT2D eigenvalue weighted by Gasteiger charge is -2.27. The van der Waals surface area contributed by atoms with Gasteiger partial charge in [0.25, 0.3) is 0 Å². The molecule has 1 aliphatic rings. The molecule has 0 radical (unpaired) electrons. The predicted molar refractivity (Wildman–Crippen MR) is 83.4 cm³/mol. The SMILES string of the molecule is CN(C)CCN(Cc1cccnc1)C(=O)C1C=CC(N)C1. The molecular formula is C16H24N4O. The molecule has 1 heterocycles. The Bertz CT molecular complexity index is 486. The molecule has 1 aromatic rings. The zero-order chi connectivity index (χ0) is 15.2. The van der Waals surface area contributed by atoms with E-state index < -0.39 is 0 Å². The zero-order valence-corrected chi connectivity index (χ0v) is 12.8. The Morgan fingerprint density at radius 1 is 1.38 bits per heavy atom. The van der Waals surface area contributed by atoms with Crippen molar-refractivity contribution in [1.29, 1.82) is 0 Å². The van der Waals surface area contributed by atoms with Gasteiger partial charge in [-0.25, -0.2) is 0 Å². The van der Waals surface area contributed by atoms with E-state index in [4.69, 9.17) is 5.73 Å². The van der Waals surface area contributed by atoms with Crippen molar-refractivity contribution in [2.75, 3.05) is 27.2 Å². The number of nitrogens with zero attached hydrogens (tertiary/aromatic N) is 3. The van der Waals surface area contributed by atoms with Crippen LogP contribution in [-0.2, 0) is 11.3 Å². The number of carbonyl (C=O) groups excluding carboxylic acids is 1. The third-order valence-corrected chi connectivity index (χ3v) is 3.66. The first kappa shape index (κ1) is 15.7. The number of pyridine rings is 1. The summed E-state index contributed by atoms with van der Waals surface area (Å²) in [5, 5.41) is 0. The summed E-state index contributed by atoms with van der Waals surface area (Å²) in [5.74, 6) is 0.0729. The van der Waals surface area contributed by atoms with E-state index in [-0.39, 0.29) is 17.9 Å². The van der Waals surface area contributed by atoms with Crippen molar-refractivity contribution in [2.24, 2.45) is 11.7 Å². The smallest absolute Gasteiger partial charge is 0.229 e. The van der Waals surface area contributed by atoms with Gasteiger partial charge in [0.05, 0.1) is 5.92 Å². The van der Waals surface area contributed by atoms with Gasteiger partial charge >= 0.3 is 0 Å². The third kappa shape index (κ3) is 4.65. The van der Waals surface area contributed by atoms with Gasteiger partial charge in [0.2, 0.25) is 5.91 Å². The quantitative estimate of drug-likeness (QED) is 0.789. The number of likely N-dealkylation sites (N-methyl/N-ethyl adjacent to an activating group) is 1. The number of nitrogens with two attached hydrogens (primary N) is 1. The van der Waals surface area contributed by atoms with Crippen LogP contribution in [-0.4, -0.2) is 53.9 Å². The molecular weight excluding hydrogens is 264 g/mol. The van der Waals surface area contributed by atoms with Crippen molar-refractivity contribution in [3.05, 3.63) is 42.2 Å². The standard InChI is InChI=1S/C16H24N4O/c1-19(2)8-9-20(12-13-4-3-7-18-11-13)16(21)14-5-6-15(17)10-14/h3-7,11,14-15H,8-10,12,17H2,1-2H3. The van der Waals surface area contributed by atoms with Crippen LogP contribution in [0.3, 0.4) is 0 Å². The molecule has 0 aromatic carbocycles. The lowest BCUT2D eigenvalue weighted by molar-refractivity contribution is -0.134. The number of hydrogen-bond acceptors (Lipinski definition) is 4. The molecule has 1 amide bonds. The van der Waals surface area contributed by atoms with Gasteiger partial charge in [-0.3, -0.25) is 9.78 Å². The van der Waals surface area contributed by atoms with Crippen LogP contribution in [0, 0.1) is 5.92 Å². The Morgan fingerprint density at radius 2 is 2.19 bits per heavy atom. The van der Waals surface area contributed by atoms with Crippen LogP contribution in [0.2, 0.25) is 0 Å². The highest BCUT2D eigenvalue weighted by Gasteiger charge is 2.27.